The van der Waals surface area contributed by atoms with Gasteiger partial charge < -0.3 is 4.74 Å². The second kappa shape index (κ2) is 6.27. The van der Waals surface area contributed by atoms with Crippen LogP contribution in [0.5, 0.6) is 0 Å². The Morgan fingerprint density at radius 2 is 2.26 bits per heavy atom. The first kappa shape index (κ1) is 14.2. The van der Waals surface area contributed by atoms with Crippen molar-refractivity contribution in [3.05, 3.63) is 28.2 Å². The molecule has 0 amide bonds. The van der Waals surface area contributed by atoms with Gasteiger partial charge >= 0.3 is 5.97 Å². The standard InChI is InChI=1S/C11H9Cl2N3O2S/c1-18-9(17)5-19-11-14-10(15-16-11)7-3-2-6(12)4-8(7)13/h2-4H,5H2,1H3,(H,14,15,16). The number of aromatic nitrogens is 3. The molecular formula is C11H9Cl2N3O2S. The van der Waals surface area contributed by atoms with Crippen LogP contribution in [-0.4, -0.2) is 34.0 Å². The lowest BCUT2D eigenvalue weighted by Crippen LogP contribution is -2.03. The van der Waals surface area contributed by atoms with E-state index in [0.717, 1.165) is 0 Å². The van der Waals surface area contributed by atoms with Gasteiger partial charge in [-0.15, -0.1) is 5.10 Å². The molecule has 0 unspecified atom stereocenters. The average Bonchev–Trinajstić information content (AvgIpc) is 2.84. The van der Waals surface area contributed by atoms with Crippen LogP contribution in [0.15, 0.2) is 23.4 Å². The predicted molar refractivity (Wildman–Crippen MR) is 74.6 cm³/mol. The Kier molecular flexibility index (Phi) is 4.68. The van der Waals surface area contributed by atoms with Crippen LogP contribution in [-0.2, 0) is 9.53 Å². The van der Waals surface area contributed by atoms with Gasteiger partial charge in [0.1, 0.15) is 0 Å². The second-order valence-corrected chi connectivity index (χ2v) is 5.24. The largest absolute Gasteiger partial charge is 0.468 e. The van der Waals surface area contributed by atoms with Gasteiger partial charge in [-0.3, -0.25) is 9.89 Å². The van der Waals surface area contributed by atoms with Gasteiger partial charge in [0.25, 0.3) is 0 Å². The number of thioether (sulfide) groups is 1. The number of H-pyrrole nitrogens is 1. The van der Waals surface area contributed by atoms with Crippen molar-refractivity contribution in [1.29, 1.82) is 0 Å². The van der Waals surface area contributed by atoms with Crippen LogP contribution in [0.2, 0.25) is 10.0 Å². The molecule has 2 aromatic rings. The van der Waals surface area contributed by atoms with Gasteiger partial charge in [0, 0.05) is 10.6 Å². The quantitative estimate of drug-likeness (QED) is 0.693. The van der Waals surface area contributed by atoms with E-state index in [-0.39, 0.29) is 11.7 Å². The minimum absolute atomic E-state index is 0.155. The molecule has 0 radical (unpaired) electrons. The van der Waals surface area contributed by atoms with Crippen molar-refractivity contribution in [2.45, 2.75) is 5.16 Å². The fourth-order valence-corrected chi connectivity index (χ4v) is 2.42. The van der Waals surface area contributed by atoms with E-state index in [0.29, 0.717) is 26.6 Å². The number of rotatable bonds is 4. The van der Waals surface area contributed by atoms with Gasteiger partial charge in [-0.25, -0.2) is 4.98 Å². The third kappa shape index (κ3) is 3.62. The van der Waals surface area contributed by atoms with Crippen LogP contribution in [0.1, 0.15) is 0 Å². The van der Waals surface area contributed by atoms with Crippen molar-refractivity contribution in [2.75, 3.05) is 12.9 Å². The number of hydrogen-bond acceptors (Lipinski definition) is 5. The highest BCUT2D eigenvalue weighted by Gasteiger charge is 2.11. The molecule has 19 heavy (non-hydrogen) atoms. The molecule has 0 saturated carbocycles. The Labute approximate surface area is 123 Å². The molecular weight excluding hydrogens is 309 g/mol. The summed E-state index contributed by atoms with van der Waals surface area (Å²) in [7, 11) is 1.33. The summed E-state index contributed by atoms with van der Waals surface area (Å²) in [6.07, 6.45) is 0. The van der Waals surface area contributed by atoms with Gasteiger partial charge in [-0.2, -0.15) is 0 Å². The molecule has 0 spiro atoms. The molecule has 0 aliphatic heterocycles. The summed E-state index contributed by atoms with van der Waals surface area (Å²) in [6.45, 7) is 0. The van der Waals surface area contributed by atoms with Gasteiger partial charge in [0.15, 0.2) is 5.82 Å². The molecule has 100 valence electrons. The van der Waals surface area contributed by atoms with E-state index in [9.17, 15) is 4.79 Å². The van der Waals surface area contributed by atoms with Gasteiger partial charge in [-0.05, 0) is 18.2 Å². The van der Waals surface area contributed by atoms with Crippen LogP contribution in [0, 0.1) is 0 Å². The topological polar surface area (TPSA) is 67.9 Å². The maximum Gasteiger partial charge on any atom is 0.316 e. The molecule has 0 saturated heterocycles. The fourth-order valence-electron chi connectivity index (χ4n) is 1.30. The van der Waals surface area contributed by atoms with E-state index < -0.39 is 0 Å². The van der Waals surface area contributed by atoms with Crippen LogP contribution in [0.25, 0.3) is 11.4 Å². The van der Waals surface area contributed by atoms with Crippen molar-refractivity contribution in [1.82, 2.24) is 15.2 Å². The second-order valence-electron chi connectivity index (χ2n) is 3.46. The number of esters is 1. The molecule has 0 aliphatic carbocycles. The number of benzene rings is 1. The zero-order chi connectivity index (χ0) is 13.8. The van der Waals surface area contributed by atoms with Gasteiger partial charge in [0.2, 0.25) is 5.16 Å². The average molecular weight is 318 g/mol. The molecule has 5 nitrogen and oxygen atoms in total. The first-order valence-electron chi connectivity index (χ1n) is 5.17. The highest BCUT2D eigenvalue weighted by Crippen LogP contribution is 2.28. The van der Waals surface area contributed by atoms with Crippen molar-refractivity contribution >= 4 is 40.9 Å². The maximum atomic E-state index is 11.0. The minimum Gasteiger partial charge on any atom is -0.468 e. The number of halogens is 2. The van der Waals surface area contributed by atoms with E-state index in [1.165, 1.54) is 18.9 Å². The molecule has 1 N–H and O–H groups in total. The molecule has 0 fully saturated rings. The summed E-state index contributed by atoms with van der Waals surface area (Å²) < 4.78 is 4.53. The van der Waals surface area contributed by atoms with Crippen molar-refractivity contribution < 1.29 is 9.53 Å². The molecule has 1 heterocycles. The molecule has 8 heteroatoms. The summed E-state index contributed by atoms with van der Waals surface area (Å²) in [6, 6.07) is 5.09. The summed E-state index contributed by atoms with van der Waals surface area (Å²) in [4.78, 5) is 15.2. The highest BCUT2D eigenvalue weighted by atomic mass is 35.5. The summed E-state index contributed by atoms with van der Waals surface area (Å²) >= 11 is 13.1. The van der Waals surface area contributed by atoms with Crippen LogP contribution in [0.4, 0.5) is 0 Å². The lowest BCUT2D eigenvalue weighted by molar-refractivity contribution is -0.137. The predicted octanol–water partition coefficient (Wildman–Crippen LogP) is 3.04. The number of aromatic amines is 1. The van der Waals surface area contributed by atoms with E-state index in [2.05, 4.69) is 19.9 Å². The van der Waals surface area contributed by atoms with Crippen LogP contribution in [0.3, 0.4) is 0 Å². The number of ether oxygens (including phenoxy) is 1. The lowest BCUT2D eigenvalue weighted by atomic mass is 10.2. The van der Waals surface area contributed by atoms with Crippen LogP contribution >= 0.6 is 35.0 Å². The van der Waals surface area contributed by atoms with Crippen LogP contribution < -0.4 is 0 Å². The molecule has 0 atom stereocenters. The fraction of sp³-hybridized carbons (Fsp3) is 0.182. The van der Waals surface area contributed by atoms with E-state index in [1.54, 1.807) is 18.2 Å². The Morgan fingerprint density at radius 1 is 1.47 bits per heavy atom. The molecule has 0 aliphatic rings. The zero-order valence-electron chi connectivity index (χ0n) is 9.81. The van der Waals surface area contributed by atoms with E-state index in [4.69, 9.17) is 23.2 Å². The van der Waals surface area contributed by atoms with Crippen molar-refractivity contribution in [3.63, 3.8) is 0 Å². The first-order valence-corrected chi connectivity index (χ1v) is 6.91. The first-order chi connectivity index (χ1) is 9.10. The minimum atomic E-state index is -0.333. The monoisotopic (exact) mass is 317 g/mol. The third-order valence-corrected chi connectivity index (χ3v) is 3.57. The summed E-state index contributed by atoms with van der Waals surface area (Å²) in [5.74, 6) is 0.345. The number of hydrogen-bond donors (Lipinski definition) is 1. The Bertz CT molecular complexity index is 603. The lowest BCUT2D eigenvalue weighted by Gasteiger charge is -1.99. The molecule has 2 rings (SSSR count). The number of carbonyl (C=O) groups excluding carboxylic acids is 1. The van der Waals surface area contributed by atoms with E-state index in [1.807, 2.05) is 0 Å². The molecule has 1 aromatic heterocycles. The summed E-state index contributed by atoms with van der Waals surface area (Å²) in [5, 5.41) is 8.23. The summed E-state index contributed by atoms with van der Waals surface area (Å²) in [5.41, 5.74) is 0.698. The Hall–Kier alpha value is -1.24. The SMILES string of the molecule is COC(=O)CSc1n[nH]c(-c2ccc(Cl)cc2Cl)n1. The van der Waals surface area contributed by atoms with Crippen molar-refractivity contribution in [3.8, 4) is 11.4 Å². The molecule has 0 bridgehead atoms. The number of nitrogens with one attached hydrogen (secondary N) is 1. The Balaban J connectivity index is 2.14. The zero-order valence-corrected chi connectivity index (χ0v) is 12.1. The number of nitrogens with zero attached hydrogens (tertiary/aromatic N) is 2. The van der Waals surface area contributed by atoms with Crippen molar-refractivity contribution in [2.24, 2.45) is 0 Å². The molecule has 1 aromatic carbocycles. The van der Waals surface area contributed by atoms with Gasteiger partial charge in [0.05, 0.1) is 17.9 Å². The maximum absolute atomic E-state index is 11.0. The highest BCUT2D eigenvalue weighted by molar-refractivity contribution is 7.99. The van der Waals surface area contributed by atoms with Gasteiger partial charge in [-0.1, -0.05) is 35.0 Å². The normalized spacial score (nSPS) is 10.5. The third-order valence-electron chi connectivity index (χ3n) is 2.20. The van der Waals surface area contributed by atoms with E-state index >= 15 is 0 Å². The Morgan fingerprint density at radius 3 is 2.95 bits per heavy atom. The number of carbonyl (C=O) groups is 1. The number of methoxy groups -OCH3 is 1. The smallest absolute Gasteiger partial charge is 0.316 e.